The number of nitrogens with zero attached hydrogens (tertiary/aromatic N) is 1. The van der Waals surface area contributed by atoms with Crippen molar-refractivity contribution in [3.63, 3.8) is 0 Å². The van der Waals surface area contributed by atoms with Gasteiger partial charge in [-0.05, 0) is 36.0 Å². The summed E-state index contributed by atoms with van der Waals surface area (Å²) in [6, 6.07) is 1.82. The first-order valence-corrected chi connectivity index (χ1v) is 6.68. The van der Waals surface area contributed by atoms with Gasteiger partial charge in [0, 0.05) is 18.5 Å². The van der Waals surface area contributed by atoms with Crippen molar-refractivity contribution in [2.45, 2.75) is 34.1 Å². The SMILES string of the molecule is CCOC(=O)/C=C(/CC(C)(C)C)c1ccncc1Cl. The zero-order chi connectivity index (χ0) is 14.5. The van der Waals surface area contributed by atoms with Crippen LogP contribution in [-0.2, 0) is 9.53 Å². The van der Waals surface area contributed by atoms with Crippen LogP contribution in [0, 0.1) is 5.41 Å². The van der Waals surface area contributed by atoms with Gasteiger partial charge in [0.25, 0.3) is 0 Å². The summed E-state index contributed by atoms with van der Waals surface area (Å²) < 4.78 is 4.97. The maximum absolute atomic E-state index is 11.7. The highest BCUT2D eigenvalue weighted by Gasteiger charge is 2.17. The molecule has 0 bridgehead atoms. The highest BCUT2D eigenvalue weighted by molar-refractivity contribution is 6.32. The minimum absolute atomic E-state index is 0.0466. The molecule has 0 spiro atoms. The summed E-state index contributed by atoms with van der Waals surface area (Å²) in [5.41, 5.74) is 1.75. The molecule has 0 aliphatic carbocycles. The lowest BCUT2D eigenvalue weighted by Gasteiger charge is -2.21. The lowest BCUT2D eigenvalue weighted by Crippen LogP contribution is -2.09. The predicted molar refractivity (Wildman–Crippen MR) is 77.9 cm³/mol. The Balaban J connectivity index is 3.13. The van der Waals surface area contributed by atoms with Gasteiger partial charge in [-0.15, -0.1) is 0 Å². The number of rotatable bonds is 4. The highest BCUT2D eigenvalue weighted by atomic mass is 35.5. The summed E-state index contributed by atoms with van der Waals surface area (Å²) in [6.45, 7) is 8.49. The van der Waals surface area contributed by atoms with Crippen LogP contribution < -0.4 is 0 Å². The summed E-state index contributed by atoms with van der Waals surface area (Å²) in [5, 5.41) is 0.544. The third-order valence-electron chi connectivity index (χ3n) is 2.42. The standard InChI is InChI=1S/C15H20ClNO2/c1-5-19-14(18)8-11(9-15(2,3)4)12-6-7-17-10-13(12)16/h6-8,10H,5,9H2,1-4H3/b11-8-. The molecular weight excluding hydrogens is 262 g/mol. The van der Waals surface area contributed by atoms with Crippen LogP contribution in [0.1, 0.15) is 39.7 Å². The van der Waals surface area contributed by atoms with Crippen LogP contribution in [0.4, 0.5) is 0 Å². The van der Waals surface area contributed by atoms with Crippen LogP contribution >= 0.6 is 11.6 Å². The number of pyridine rings is 1. The molecule has 0 saturated heterocycles. The average molecular weight is 282 g/mol. The molecule has 3 nitrogen and oxygen atoms in total. The number of hydrogen-bond acceptors (Lipinski definition) is 3. The Bertz CT molecular complexity index is 475. The molecule has 0 saturated carbocycles. The number of ether oxygens (including phenoxy) is 1. The fourth-order valence-electron chi connectivity index (χ4n) is 1.76. The first-order valence-electron chi connectivity index (χ1n) is 6.30. The smallest absolute Gasteiger partial charge is 0.331 e. The number of esters is 1. The monoisotopic (exact) mass is 281 g/mol. The Labute approximate surface area is 119 Å². The van der Waals surface area contributed by atoms with Gasteiger partial charge >= 0.3 is 5.97 Å². The number of aromatic nitrogens is 1. The van der Waals surface area contributed by atoms with Crippen LogP contribution in [0.5, 0.6) is 0 Å². The molecule has 0 atom stereocenters. The summed E-state index contributed by atoms with van der Waals surface area (Å²) >= 11 is 6.15. The largest absolute Gasteiger partial charge is 0.463 e. The second-order valence-electron chi connectivity index (χ2n) is 5.51. The molecule has 0 aliphatic rings. The van der Waals surface area contributed by atoms with Crippen LogP contribution in [-0.4, -0.2) is 17.6 Å². The van der Waals surface area contributed by atoms with E-state index in [1.807, 2.05) is 6.07 Å². The fraction of sp³-hybridized carbons (Fsp3) is 0.467. The van der Waals surface area contributed by atoms with E-state index < -0.39 is 0 Å². The third kappa shape index (κ3) is 5.43. The molecule has 104 valence electrons. The van der Waals surface area contributed by atoms with E-state index in [-0.39, 0.29) is 11.4 Å². The quantitative estimate of drug-likeness (QED) is 0.616. The van der Waals surface area contributed by atoms with E-state index in [9.17, 15) is 4.79 Å². The number of carbonyl (C=O) groups is 1. The van der Waals surface area contributed by atoms with Gasteiger partial charge in [0.15, 0.2) is 0 Å². The first kappa shape index (κ1) is 15.7. The van der Waals surface area contributed by atoms with Gasteiger partial charge in [0.1, 0.15) is 0 Å². The summed E-state index contributed by atoms with van der Waals surface area (Å²) in [5.74, 6) is -0.338. The Morgan fingerprint density at radius 2 is 2.16 bits per heavy atom. The second kappa shape index (κ2) is 6.71. The van der Waals surface area contributed by atoms with Gasteiger partial charge in [-0.25, -0.2) is 4.79 Å². The van der Waals surface area contributed by atoms with Crippen LogP contribution in [0.3, 0.4) is 0 Å². The van der Waals surface area contributed by atoms with Crippen molar-refractivity contribution >= 4 is 23.1 Å². The van der Waals surface area contributed by atoms with E-state index in [0.717, 1.165) is 17.6 Å². The number of hydrogen-bond donors (Lipinski definition) is 0. The summed E-state index contributed by atoms with van der Waals surface area (Å²) in [7, 11) is 0. The molecule has 0 fully saturated rings. The first-order chi connectivity index (χ1) is 8.83. The fourth-order valence-corrected chi connectivity index (χ4v) is 2.00. The van der Waals surface area contributed by atoms with Crippen molar-refractivity contribution in [3.05, 3.63) is 35.1 Å². The molecule has 1 aromatic heterocycles. The van der Waals surface area contributed by atoms with Crippen LogP contribution in [0.2, 0.25) is 5.02 Å². The second-order valence-corrected chi connectivity index (χ2v) is 5.92. The molecule has 0 N–H and O–H groups in total. The van der Waals surface area contributed by atoms with Crippen LogP contribution in [0.15, 0.2) is 24.5 Å². The molecule has 19 heavy (non-hydrogen) atoms. The van der Waals surface area contributed by atoms with Gasteiger partial charge in [0.05, 0.1) is 11.6 Å². The molecule has 0 amide bonds. The predicted octanol–water partition coefficient (Wildman–Crippen LogP) is 4.12. The normalized spacial score (nSPS) is 12.4. The Hall–Kier alpha value is -1.35. The number of halogens is 1. The Kier molecular flexibility index (Phi) is 5.55. The molecular formula is C15H20ClNO2. The minimum Gasteiger partial charge on any atom is -0.463 e. The zero-order valence-electron chi connectivity index (χ0n) is 11.9. The van der Waals surface area contributed by atoms with E-state index in [1.165, 1.54) is 6.08 Å². The van der Waals surface area contributed by atoms with Crippen molar-refractivity contribution in [2.24, 2.45) is 5.41 Å². The van der Waals surface area contributed by atoms with Crippen molar-refractivity contribution in [2.75, 3.05) is 6.61 Å². The topological polar surface area (TPSA) is 39.2 Å². The Morgan fingerprint density at radius 3 is 2.68 bits per heavy atom. The molecule has 1 rings (SSSR count). The van der Waals surface area contributed by atoms with Crippen molar-refractivity contribution < 1.29 is 9.53 Å². The molecule has 1 aromatic rings. The Morgan fingerprint density at radius 1 is 1.47 bits per heavy atom. The van der Waals surface area contributed by atoms with Gasteiger partial charge in [-0.1, -0.05) is 32.4 Å². The minimum atomic E-state index is -0.338. The molecule has 0 aromatic carbocycles. The highest BCUT2D eigenvalue weighted by Crippen LogP contribution is 2.33. The third-order valence-corrected chi connectivity index (χ3v) is 2.72. The lowest BCUT2D eigenvalue weighted by atomic mass is 9.85. The van der Waals surface area contributed by atoms with E-state index in [0.29, 0.717) is 11.6 Å². The molecule has 0 radical (unpaired) electrons. The maximum Gasteiger partial charge on any atom is 0.331 e. The molecule has 0 aliphatic heterocycles. The van der Waals surface area contributed by atoms with Gasteiger partial charge < -0.3 is 4.74 Å². The van der Waals surface area contributed by atoms with Crippen LogP contribution in [0.25, 0.3) is 5.57 Å². The van der Waals surface area contributed by atoms with E-state index >= 15 is 0 Å². The molecule has 0 unspecified atom stereocenters. The average Bonchev–Trinajstić information content (AvgIpc) is 2.27. The van der Waals surface area contributed by atoms with Crippen molar-refractivity contribution in [3.8, 4) is 0 Å². The maximum atomic E-state index is 11.7. The summed E-state index contributed by atoms with van der Waals surface area (Å²) in [4.78, 5) is 15.6. The van der Waals surface area contributed by atoms with E-state index in [4.69, 9.17) is 16.3 Å². The molecule has 1 heterocycles. The lowest BCUT2D eigenvalue weighted by molar-refractivity contribution is -0.137. The van der Waals surface area contributed by atoms with Gasteiger partial charge in [-0.3, -0.25) is 4.98 Å². The van der Waals surface area contributed by atoms with Crippen molar-refractivity contribution in [1.82, 2.24) is 4.98 Å². The van der Waals surface area contributed by atoms with Gasteiger partial charge in [-0.2, -0.15) is 0 Å². The summed E-state index contributed by atoms with van der Waals surface area (Å²) in [6.07, 6.45) is 5.51. The zero-order valence-corrected chi connectivity index (χ0v) is 12.6. The number of carbonyl (C=O) groups excluding carboxylic acids is 1. The molecule has 4 heteroatoms. The van der Waals surface area contributed by atoms with Crippen molar-refractivity contribution in [1.29, 1.82) is 0 Å². The number of allylic oxidation sites excluding steroid dienone is 1. The van der Waals surface area contributed by atoms with E-state index in [2.05, 4.69) is 25.8 Å². The van der Waals surface area contributed by atoms with E-state index in [1.54, 1.807) is 19.3 Å². The van der Waals surface area contributed by atoms with Gasteiger partial charge in [0.2, 0.25) is 0 Å².